The van der Waals surface area contributed by atoms with E-state index in [0.717, 1.165) is 17.5 Å². The molecule has 72 valence electrons. The number of aliphatic hydroxyl groups is 1. The van der Waals surface area contributed by atoms with E-state index in [1.54, 1.807) is 6.20 Å². The summed E-state index contributed by atoms with van der Waals surface area (Å²) in [5.41, 5.74) is 2.04. The molecule has 0 fully saturated rings. The van der Waals surface area contributed by atoms with Gasteiger partial charge in [0.15, 0.2) is 0 Å². The molecule has 1 heterocycles. The zero-order chi connectivity index (χ0) is 9.68. The highest BCUT2D eigenvalue weighted by Gasteiger charge is 2.06. The zero-order valence-corrected chi connectivity index (χ0v) is 8.12. The van der Waals surface area contributed by atoms with Crippen LogP contribution in [0.4, 0.5) is 0 Å². The van der Waals surface area contributed by atoms with Gasteiger partial charge < -0.3 is 10.4 Å². The molecule has 0 saturated heterocycles. The third-order valence-electron chi connectivity index (χ3n) is 2.01. The van der Waals surface area contributed by atoms with Gasteiger partial charge in [-0.2, -0.15) is 0 Å². The first-order valence-electron chi connectivity index (χ1n) is 4.54. The summed E-state index contributed by atoms with van der Waals surface area (Å²) in [7, 11) is 1.82. The average Bonchev–Trinajstić information content (AvgIpc) is 2.18. The molecule has 0 saturated carbocycles. The smallest absolute Gasteiger partial charge is 0.0929 e. The van der Waals surface area contributed by atoms with Crippen LogP contribution in [0.1, 0.15) is 24.2 Å². The van der Waals surface area contributed by atoms with Gasteiger partial charge in [0.05, 0.1) is 6.10 Å². The Balaban J connectivity index is 2.75. The summed E-state index contributed by atoms with van der Waals surface area (Å²) in [6, 6.07) is 2.00. The summed E-state index contributed by atoms with van der Waals surface area (Å²) in [5.74, 6) is 0. The van der Waals surface area contributed by atoms with E-state index in [1.807, 2.05) is 19.3 Å². The topological polar surface area (TPSA) is 45.2 Å². The Labute approximate surface area is 78.8 Å². The minimum absolute atomic E-state index is 0.455. The van der Waals surface area contributed by atoms with Gasteiger partial charge in [-0.05, 0) is 19.0 Å². The molecule has 0 radical (unpaired) electrons. The van der Waals surface area contributed by atoms with Crippen molar-refractivity contribution in [1.29, 1.82) is 0 Å². The summed E-state index contributed by atoms with van der Waals surface area (Å²) < 4.78 is 0. The molecule has 13 heavy (non-hydrogen) atoms. The number of hydrogen-bond donors (Lipinski definition) is 2. The first kappa shape index (κ1) is 10.2. The number of hydrogen-bond acceptors (Lipinski definition) is 3. The number of nitrogens with zero attached hydrogens (tertiary/aromatic N) is 1. The Morgan fingerprint density at radius 1 is 1.54 bits per heavy atom. The number of pyridine rings is 1. The Kier molecular flexibility index (Phi) is 3.86. The van der Waals surface area contributed by atoms with Gasteiger partial charge in [0.1, 0.15) is 0 Å². The average molecular weight is 180 g/mol. The second kappa shape index (κ2) is 4.94. The highest BCUT2D eigenvalue weighted by atomic mass is 16.3. The highest BCUT2D eigenvalue weighted by Crippen LogP contribution is 2.12. The molecule has 1 unspecified atom stereocenters. The normalized spacial score (nSPS) is 12.8. The molecular formula is C10H16N2O. The second-order valence-corrected chi connectivity index (χ2v) is 3.05. The van der Waals surface area contributed by atoms with Gasteiger partial charge >= 0.3 is 0 Å². The van der Waals surface area contributed by atoms with Crippen LogP contribution in [0.3, 0.4) is 0 Å². The van der Waals surface area contributed by atoms with Gasteiger partial charge in [-0.25, -0.2) is 0 Å². The van der Waals surface area contributed by atoms with E-state index < -0.39 is 6.10 Å². The minimum Gasteiger partial charge on any atom is -0.387 e. The monoisotopic (exact) mass is 180 g/mol. The van der Waals surface area contributed by atoms with Gasteiger partial charge in [-0.15, -0.1) is 0 Å². The summed E-state index contributed by atoms with van der Waals surface area (Å²) in [5, 5.41) is 12.6. The quantitative estimate of drug-likeness (QED) is 0.723. The summed E-state index contributed by atoms with van der Waals surface area (Å²) in [6.45, 7) is 2.64. The van der Waals surface area contributed by atoms with Crippen LogP contribution in [0.2, 0.25) is 0 Å². The molecule has 2 N–H and O–H groups in total. The van der Waals surface area contributed by atoms with Crippen molar-refractivity contribution in [3.63, 3.8) is 0 Å². The standard InChI is InChI=1S/C10H16N2O/c1-3-8-4-9(6-12-5-8)10(13)7-11-2/h4-6,10-11,13H,3,7H2,1-2H3. The van der Waals surface area contributed by atoms with Crippen molar-refractivity contribution in [2.45, 2.75) is 19.4 Å². The lowest BCUT2D eigenvalue weighted by Crippen LogP contribution is -2.16. The van der Waals surface area contributed by atoms with E-state index in [1.165, 1.54) is 0 Å². The van der Waals surface area contributed by atoms with Crippen molar-refractivity contribution in [3.8, 4) is 0 Å². The molecule has 1 rings (SSSR count). The van der Waals surface area contributed by atoms with E-state index in [2.05, 4.69) is 17.2 Å². The molecule has 0 spiro atoms. The Morgan fingerprint density at radius 3 is 2.92 bits per heavy atom. The van der Waals surface area contributed by atoms with Crippen LogP contribution in [0.15, 0.2) is 18.5 Å². The van der Waals surface area contributed by atoms with Crippen molar-refractivity contribution in [3.05, 3.63) is 29.6 Å². The zero-order valence-electron chi connectivity index (χ0n) is 8.12. The van der Waals surface area contributed by atoms with Crippen LogP contribution in [0.5, 0.6) is 0 Å². The maximum absolute atomic E-state index is 9.64. The molecule has 0 aliphatic carbocycles. The fourth-order valence-corrected chi connectivity index (χ4v) is 1.19. The lowest BCUT2D eigenvalue weighted by molar-refractivity contribution is 0.177. The van der Waals surface area contributed by atoms with Crippen LogP contribution in [-0.2, 0) is 6.42 Å². The first-order valence-corrected chi connectivity index (χ1v) is 4.54. The van der Waals surface area contributed by atoms with Crippen molar-refractivity contribution in [1.82, 2.24) is 10.3 Å². The number of nitrogens with one attached hydrogen (secondary N) is 1. The molecule has 1 aromatic heterocycles. The molecule has 0 aliphatic rings. The molecule has 1 atom stereocenters. The summed E-state index contributed by atoms with van der Waals surface area (Å²) in [6.07, 6.45) is 4.04. The maximum Gasteiger partial charge on any atom is 0.0929 e. The molecule has 0 aliphatic heterocycles. The molecular weight excluding hydrogens is 164 g/mol. The third-order valence-corrected chi connectivity index (χ3v) is 2.01. The van der Waals surface area contributed by atoms with Crippen LogP contribution in [0.25, 0.3) is 0 Å². The molecule has 0 aromatic carbocycles. The summed E-state index contributed by atoms with van der Waals surface area (Å²) in [4.78, 5) is 4.07. The van der Waals surface area contributed by atoms with Crippen LogP contribution >= 0.6 is 0 Å². The van der Waals surface area contributed by atoms with E-state index >= 15 is 0 Å². The number of likely N-dealkylation sites (N-methyl/N-ethyl adjacent to an activating group) is 1. The van der Waals surface area contributed by atoms with E-state index in [4.69, 9.17) is 0 Å². The largest absolute Gasteiger partial charge is 0.387 e. The lowest BCUT2D eigenvalue weighted by atomic mass is 10.1. The van der Waals surface area contributed by atoms with Crippen molar-refractivity contribution >= 4 is 0 Å². The van der Waals surface area contributed by atoms with Crippen LogP contribution in [-0.4, -0.2) is 23.7 Å². The lowest BCUT2D eigenvalue weighted by Gasteiger charge is -2.10. The van der Waals surface area contributed by atoms with Crippen LogP contribution in [0, 0.1) is 0 Å². The van der Waals surface area contributed by atoms with Gasteiger partial charge in [0, 0.05) is 24.5 Å². The predicted octanol–water partition coefficient (Wildman–Crippen LogP) is 0.897. The molecule has 0 bridgehead atoms. The Bertz CT molecular complexity index is 263. The second-order valence-electron chi connectivity index (χ2n) is 3.05. The molecule has 1 aromatic rings. The van der Waals surface area contributed by atoms with Gasteiger partial charge in [-0.1, -0.05) is 13.0 Å². The fourth-order valence-electron chi connectivity index (χ4n) is 1.19. The van der Waals surface area contributed by atoms with Crippen molar-refractivity contribution in [2.24, 2.45) is 0 Å². The molecule has 3 heteroatoms. The fraction of sp³-hybridized carbons (Fsp3) is 0.500. The number of aryl methyl sites for hydroxylation is 1. The first-order chi connectivity index (χ1) is 6.27. The van der Waals surface area contributed by atoms with Crippen LogP contribution < -0.4 is 5.32 Å². The molecule has 3 nitrogen and oxygen atoms in total. The number of aliphatic hydroxyl groups excluding tert-OH is 1. The SMILES string of the molecule is CCc1cncc(C(O)CNC)c1. The predicted molar refractivity (Wildman–Crippen MR) is 52.5 cm³/mol. The van der Waals surface area contributed by atoms with E-state index in [9.17, 15) is 5.11 Å². The van der Waals surface area contributed by atoms with Crippen molar-refractivity contribution in [2.75, 3.05) is 13.6 Å². The molecule has 0 amide bonds. The van der Waals surface area contributed by atoms with E-state index in [-0.39, 0.29) is 0 Å². The van der Waals surface area contributed by atoms with Crippen molar-refractivity contribution < 1.29 is 5.11 Å². The Hall–Kier alpha value is -0.930. The minimum atomic E-state index is -0.455. The highest BCUT2D eigenvalue weighted by molar-refractivity contribution is 5.20. The van der Waals surface area contributed by atoms with E-state index in [0.29, 0.717) is 6.54 Å². The van der Waals surface area contributed by atoms with Gasteiger partial charge in [-0.3, -0.25) is 4.98 Å². The summed E-state index contributed by atoms with van der Waals surface area (Å²) >= 11 is 0. The third kappa shape index (κ3) is 2.79. The number of aromatic nitrogens is 1. The Morgan fingerprint density at radius 2 is 2.31 bits per heavy atom. The van der Waals surface area contributed by atoms with Gasteiger partial charge in [0.2, 0.25) is 0 Å². The number of rotatable bonds is 4. The van der Waals surface area contributed by atoms with Gasteiger partial charge in [0.25, 0.3) is 0 Å². The maximum atomic E-state index is 9.64.